The molecule has 0 aromatic carbocycles. The Morgan fingerprint density at radius 2 is 2.57 bits per heavy atom. The normalized spacial score (nSPS) is 24.3. The van der Waals surface area contributed by atoms with Crippen LogP contribution in [0.1, 0.15) is 13.3 Å². The molecule has 1 amide bonds. The van der Waals surface area contributed by atoms with Gasteiger partial charge in [0.2, 0.25) is 0 Å². The third-order valence-electron chi connectivity index (χ3n) is 2.17. The van der Waals surface area contributed by atoms with Crippen LogP contribution in [0, 0.1) is 0 Å². The second-order valence-electron chi connectivity index (χ2n) is 3.49. The Morgan fingerprint density at radius 1 is 1.79 bits per heavy atom. The first kappa shape index (κ1) is 11.4. The number of aliphatic hydroxyl groups excluding tert-OH is 1. The fraction of sp³-hybridized carbons (Fsp3) is 0.889. The lowest BCUT2D eigenvalue weighted by atomic mass is 10.2. The first-order valence-electron chi connectivity index (χ1n) is 4.97. The Hall–Kier alpha value is -0.650. The second-order valence-corrected chi connectivity index (χ2v) is 3.49. The van der Waals surface area contributed by atoms with E-state index in [1.165, 1.54) is 0 Å². The molecule has 3 N–H and O–H groups in total. The molecule has 0 radical (unpaired) electrons. The lowest BCUT2D eigenvalue weighted by molar-refractivity contribution is -0.134. The minimum Gasteiger partial charge on any atom is -0.396 e. The maximum atomic E-state index is 11.5. The molecule has 2 unspecified atom stereocenters. The van der Waals surface area contributed by atoms with Gasteiger partial charge in [0.05, 0.1) is 6.61 Å². The molecule has 14 heavy (non-hydrogen) atoms. The average molecular weight is 202 g/mol. The highest BCUT2D eigenvalue weighted by Gasteiger charge is 2.22. The molecule has 0 saturated carbocycles. The maximum Gasteiger partial charge on any atom is 0.250 e. The number of carbonyl (C=O) groups is 1. The molecule has 0 aliphatic carbocycles. The van der Waals surface area contributed by atoms with Crippen molar-refractivity contribution in [1.29, 1.82) is 0 Å². The molecule has 5 heteroatoms. The Kier molecular flexibility index (Phi) is 4.86. The van der Waals surface area contributed by atoms with Gasteiger partial charge in [0.15, 0.2) is 0 Å². The van der Waals surface area contributed by atoms with Gasteiger partial charge < -0.3 is 20.5 Å². The zero-order valence-corrected chi connectivity index (χ0v) is 8.45. The maximum absolute atomic E-state index is 11.5. The number of hydrogen-bond acceptors (Lipinski definition) is 4. The fourth-order valence-corrected chi connectivity index (χ4v) is 1.34. The van der Waals surface area contributed by atoms with E-state index >= 15 is 0 Å². The van der Waals surface area contributed by atoms with Crippen molar-refractivity contribution in [2.24, 2.45) is 0 Å². The van der Waals surface area contributed by atoms with E-state index in [0.717, 1.165) is 6.54 Å². The highest BCUT2D eigenvalue weighted by Crippen LogP contribution is 1.98. The molecule has 1 aliphatic heterocycles. The molecular weight excluding hydrogens is 184 g/mol. The number of ether oxygens (including phenoxy) is 1. The van der Waals surface area contributed by atoms with Crippen molar-refractivity contribution in [3.8, 4) is 0 Å². The largest absolute Gasteiger partial charge is 0.396 e. The predicted molar refractivity (Wildman–Crippen MR) is 51.9 cm³/mol. The van der Waals surface area contributed by atoms with Crippen LogP contribution in [-0.4, -0.2) is 49.5 Å². The summed E-state index contributed by atoms with van der Waals surface area (Å²) in [6.07, 6.45) is 0.191. The van der Waals surface area contributed by atoms with E-state index in [2.05, 4.69) is 10.6 Å². The van der Waals surface area contributed by atoms with Gasteiger partial charge in [0.1, 0.15) is 6.10 Å². The summed E-state index contributed by atoms with van der Waals surface area (Å²) in [4.78, 5) is 11.5. The number of hydrogen-bond donors (Lipinski definition) is 3. The number of morpholine rings is 1. The van der Waals surface area contributed by atoms with Gasteiger partial charge in [-0.25, -0.2) is 0 Å². The zero-order valence-electron chi connectivity index (χ0n) is 8.45. The minimum absolute atomic E-state index is 0.00183. The Balaban J connectivity index is 2.25. The van der Waals surface area contributed by atoms with E-state index < -0.39 is 0 Å². The summed E-state index contributed by atoms with van der Waals surface area (Å²) < 4.78 is 5.28. The van der Waals surface area contributed by atoms with Gasteiger partial charge in [-0.15, -0.1) is 0 Å². The van der Waals surface area contributed by atoms with Gasteiger partial charge in [-0.05, 0) is 13.3 Å². The predicted octanol–water partition coefficient (Wildman–Crippen LogP) is -1.14. The number of carbonyl (C=O) groups excluding carboxylic acids is 1. The average Bonchev–Trinajstić information content (AvgIpc) is 2.19. The molecule has 82 valence electrons. The quantitative estimate of drug-likeness (QED) is 0.539. The molecule has 1 heterocycles. The number of amides is 1. The first-order chi connectivity index (χ1) is 6.74. The lowest BCUT2D eigenvalue weighted by Crippen LogP contribution is -2.49. The molecular formula is C9H18N2O3. The van der Waals surface area contributed by atoms with Crippen LogP contribution in [0.15, 0.2) is 0 Å². The van der Waals surface area contributed by atoms with Crippen molar-refractivity contribution >= 4 is 5.91 Å². The van der Waals surface area contributed by atoms with Crippen LogP contribution in [0.5, 0.6) is 0 Å². The zero-order chi connectivity index (χ0) is 10.4. The molecule has 5 nitrogen and oxygen atoms in total. The van der Waals surface area contributed by atoms with E-state index in [-0.39, 0.29) is 24.7 Å². The third-order valence-corrected chi connectivity index (χ3v) is 2.17. The van der Waals surface area contributed by atoms with Crippen molar-refractivity contribution in [1.82, 2.24) is 10.6 Å². The highest BCUT2D eigenvalue weighted by atomic mass is 16.5. The summed E-state index contributed by atoms with van der Waals surface area (Å²) >= 11 is 0. The number of nitrogens with one attached hydrogen (secondary N) is 2. The summed E-state index contributed by atoms with van der Waals surface area (Å²) in [5, 5.41) is 14.5. The van der Waals surface area contributed by atoms with Gasteiger partial charge in [-0.1, -0.05) is 0 Å². The van der Waals surface area contributed by atoms with Crippen molar-refractivity contribution in [2.75, 3.05) is 26.3 Å². The van der Waals surface area contributed by atoms with Crippen LogP contribution in [0.2, 0.25) is 0 Å². The van der Waals surface area contributed by atoms with Gasteiger partial charge >= 0.3 is 0 Å². The van der Waals surface area contributed by atoms with Gasteiger partial charge in [0.25, 0.3) is 5.91 Å². The Labute approximate surface area is 83.8 Å². The molecule has 0 bridgehead atoms. The van der Waals surface area contributed by atoms with Crippen LogP contribution in [0.4, 0.5) is 0 Å². The Morgan fingerprint density at radius 3 is 3.14 bits per heavy atom. The van der Waals surface area contributed by atoms with Crippen molar-refractivity contribution < 1.29 is 14.6 Å². The second kappa shape index (κ2) is 5.95. The molecule has 1 fully saturated rings. The monoisotopic (exact) mass is 202 g/mol. The fourth-order valence-electron chi connectivity index (χ4n) is 1.34. The first-order valence-corrected chi connectivity index (χ1v) is 4.97. The summed E-state index contributed by atoms with van der Waals surface area (Å²) in [7, 11) is 0. The summed E-state index contributed by atoms with van der Waals surface area (Å²) in [6.45, 7) is 3.90. The van der Waals surface area contributed by atoms with Crippen molar-refractivity contribution in [3.05, 3.63) is 0 Å². The highest BCUT2D eigenvalue weighted by molar-refractivity contribution is 5.81. The van der Waals surface area contributed by atoms with E-state index in [0.29, 0.717) is 19.6 Å². The molecule has 0 spiro atoms. The van der Waals surface area contributed by atoms with E-state index in [1.807, 2.05) is 6.92 Å². The molecule has 0 aromatic heterocycles. The minimum atomic E-state index is -0.384. The van der Waals surface area contributed by atoms with Crippen LogP contribution >= 0.6 is 0 Å². The van der Waals surface area contributed by atoms with Crippen LogP contribution in [0.3, 0.4) is 0 Å². The van der Waals surface area contributed by atoms with Crippen molar-refractivity contribution in [3.63, 3.8) is 0 Å². The SMILES string of the molecule is CC(CCO)NC(=O)C1CNCCO1. The van der Waals surface area contributed by atoms with Gasteiger partial charge in [-0.3, -0.25) is 4.79 Å². The molecule has 2 atom stereocenters. The summed E-state index contributed by atoms with van der Waals surface area (Å²) in [5.74, 6) is -0.0989. The van der Waals surface area contributed by atoms with Crippen molar-refractivity contribution in [2.45, 2.75) is 25.5 Å². The smallest absolute Gasteiger partial charge is 0.250 e. The van der Waals surface area contributed by atoms with E-state index in [9.17, 15) is 4.79 Å². The standard InChI is InChI=1S/C9H18N2O3/c1-7(2-4-12)11-9(13)8-6-10-3-5-14-8/h7-8,10,12H,2-6H2,1H3,(H,11,13). The molecule has 0 aromatic rings. The van der Waals surface area contributed by atoms with Crippen LogP contribution in [-0.2, 0) is 9.53 Å². The van der Waals surface area contributed by atoms with Gasteiger partial charge in [0, 0.05) is 25.7 Å². The van der Waals surface area contributed by atoms with E-state index in [4.69, 9.17) is 9.84 Å². The lowest BCUT2D eigenvalue weighted by Gasteiger charge is -2.24. The topological polar surface area (TPSA) is 70.6 Å². The van der Waals surface area contributed by atoms with Crippen LogP contribution < -0.4 is 10.6 Å². The third kappa shape index (κ3) is 3.61. The van der Waals surface area contributed by atoms with Crippen LogP contribution in [0.25, 0.3) is 0 Å². The summed E-state index contributed by atoms with van der Waals surface area (Å²) in [5.41, 5.74) is 0. The van der Waals surface area contributed by atoms with E-state index in [1.54, 1.807) is 0 Å². The number of rotatable bonds is 4. The van der Waals surface area contributed by atoms with Gasteiger partial charge in [-0.2, -0.15) is 0 Å². The molecule has 1 aliphatic rings. The Bertz CT molecular complexity index is 181. The number of aliphatic hydroxyl groups is 1. The molecule has 1 saturated heterocycles. The summed E-state index contributed by atoms with van der Waals surface area (Å²) in [6, 6.07) is -0.00183. The molecule has 1 rings (SSSR count).